The molecule has 0 saturated carbocycles. The Bertz CT molecular complexity index is 1000. The topological polar surface area (TPSA) is 57.7 Å². The van der Waals surface area contributed by atoms with E-state index in [1.165, 1.54) is 4.90 Å². The molecule has 3 aliphatic rings. The van der Waals surface area contributed by atoms with Crippen LogP contribution in [0, 0.1) is 18.8 Å². The first-order valence-corrected chi connectivity index (χ1v) is 10.3. The Balaban J connectivity index is 1.54. The van der Waals surface area contributed by atoms with Gasteiger partial charge in [0.25, 0.3) is 0 Å². The zero-order valence-corrected chi connectivity index (χ0v) is 16.8. The highest BCUT2D eigenvalue weighted by atomic mass is 35.5. The van der Waals surface area contributed by atoms with Gasteiger partial charge in [-0.05, 0) is 62.7 Å². The van der Waals surface area contributed by atoms with Crippen LogP contribution in [-0.4, -0.2) is 41.1 Å². The number of nitrogens with zero attached hydrogens (tertiary/aromatic N) is 2. The molecule has 3 fully saturated rings. The second kappa shape index (κ2) is 6.78. The molecule has 148 valence electrons. The zero-order valence-electron chi connectivity index (χ0n) is 16.0. The summed E-state index contributed by atoms with van der Waals surface area (Å²) in [7, 11) is 0. The van der Waals surface area contributed by atoms with Crippen molar-refractivity contribution in [3.63, 3.8) is 0 Å². The van der Waals surface area contributed by atoms with Crippen LogP contribution >= 0.6 is 11.6 Å². The maximum Gasteiger partial charge on any atom is 0.239 e. The van der Waals surface area contributed by atoms with Crippen molar-refractivity contribution < 1.29 is 14.4 Å². The Hall–Kier alpha value is -2.50. The first kappa shape index (κ1) is 18.5. The number of ketones is 1. The number of carbonyl (C=O) groups excluding carboxylic acids is 3. The van der Waals surface area contributed by atoms with Crippen molar-refractivity contribution in [2.75, 3.05) is 11.4 Å². The predicted molar refractivity (Wildman–Crippen MR) is 110 cm³/mol. The summed E-state index contributed by atoms with van der Waals surface area (Å²) in [6.45, 7) is 2.70. The third-order valence-electron chi connectivity index (χ3n) is 6.54. The van der Waals surface area contributed by atoms with Crippen LogP contribution in [0.1, 0.15) is 28.8 Å². The third kappa shape index (κ3) is 2.75. The lowest BCUT2D eigenvalue weighted by molar-refractivity contribution is -0.123. The number of hydrogen-bond donors (Lipinski definition) is 0. The van der Waals surface area contributed by atoms with Crippen LogP contribution in [0.5, 0.6) is 0 Å². The van der Waals surface area contributed by atoms with E-state index in [1.807, 2.05) is 19.1 Å². The number of carbonyl (C=O) groups is 3. The number of rotatable bonds is 3. The Morgan fingerprint density at radius 2 is 1.62 bits per heavy atom. The van der Waals surface area contributed by atoms with Crippen molar-refractivity contribution in [2.24, 2.45) is 11.8 Å². The van der Waals surface area contributed by atoms with Crippen molar-refractivity contribution in [1.29, 1.82) is 0 Å². The van der Waals surface area contributed by atoms with E-state index in [0.29, 0.717) is 16.3 Å². The molecule has 6 heteroatoms. The minimum atomic E-state index is -0.628. The van der Waals surface area contributed by atoms with E-state index in [1.54, 1.807) is 36.4 Å². The van der Waals surface area contributed by atoms with Gasteiger partial charge in [0.05, 0.1) is 23.6 Å². The number of benzene rings is 2. The molecule has 5 rings (SSSR count). The molecule has 3 aliphatic heterocycles. The molecule has 0 N–H and O–H groups in total. The Kier molecular flexibility index (Phi) is 4.33. The van der Waals surface area contributed by atoms with Gasteiger partial charge in [-0.25, -0.2) is 4.90 Å². The van der Waals surface area contributed by atoms with Crippen LogP contribution in [0.3, 0.4) is 0 Å². The van der Waals surface area contributed by atoms with Gasteiger partial charge in [0.2, 0.25) is 11.8 Å². The fourth-order valence-corrected chi connectivity index (χ4v) is 5.37. The first-order chi connectivity index (χ1) is 14.0. The van der Waals surface area contributed by atoms with Gasteiger partial charge < -0.3 is 0 Å². The van der Waals surface area contributed by atoms with Crippen LogP contribution in [0.4, 0.5) is 5.69 Å². The maximum atomic E-state index is 13.4. The van der Waals surface area contributed by atoms with E-state index < -0.39 is 17.9 Å². The van der Waals surface area contributed by atoms with E-state index in [4.69, 9.17) is 11.6 Å². The summed E-state index contributed by atoms with van der Waals surface area (Å²) in [6, 6.07) is 13.5. The van der Waals surface area contributed by atoms with Crippen molar-refractivity contribution >= 4 is 34.9 Å². The lowest BCUT2D eigenvalue weighted by Gasteiger charge is -2.27. The van der Waals surface area contributed by atoms with Crippen LogP contribution < -0.4 is 4.90 Å². The normalized spacial score (nSPS) is 28.7. The molecule has 0 aromatic heterocycles. The molecule has 0 bridgehead atoms. The van der Waals surface area contributed by atoms with Crippen LogP contribution in [0.25, 0.3) is 0 Å². The van der Waals surface area contributed by atoms with E-state index >= 15 is 0 Å². The molecule has 2 aromatic carbocycles. The predicted octanol–water partition coefficient (Wildman–Crippen LogP) is 3.48. The number of hydrogen-bond acceptors (Lipinski definition) is 4. The van der Waals surface area contributed by atoms with E-state index in [9.17, 15) is 14.4 Å². The molecule has 0 unspecified atom stereocenters. The Labute approximate surface area is 174 Å². The van der Waals surface area contributed by atoms with Crippen LogP contribution in [-0.2, 0) is 9.59 Å². The number of imide groups is 1. The molecule has 29 heavy (non-hydrogen) atoms. The number of halogens is 1. The molecular weight excluding hydrogens is 388 g/mol. The van der Waals surface area contributed by atoms with E-state index in [0.717, 1.165) is 24.9 Å². The van der Waals surface area contributed by atoms with Crippen molar-refractivity contribution in [3.05, 3.63) is 64.7 Å². The van der Waals surface area contributed by atoms with Gasteiger partial charge in [-0.15, -0.1) is 0 Å². The number of anilines is 1. The largest absolute Gasteiger partial charge is 0.292 e. The summed E-state index contributed by atoms with van der Waals surface area (Å²) >= 11 is 5.97. The molecule has 3 heterocycles. The highest BCUT2D eigenvalue weighted by Gasteiger charge is 2.64. The average Bonchev–Trinajstić information content (AvgIpc) is 3.35. The summed E-state index contributed by atoms with van der Waals surface area (Å²) < 4.78 is 0. The standard InChI is InChI=1S/C23H21ClN2O3/c1-13-4-10-16(11-5-13)26-22(28)18-17-3-2-12-25(17)20(19(18)23(26)29)21(27)14-6-8-15(24)9-7-14/h4-11,17-20H,2-3,12H2,1H3/t17-,18+,19+,20-/m0/s1. The SMILES string of the molecule is Cc1ccc(N2C(=O)[C@@H]3[C@H](C2=O)[C@@H]2CCCN2[C@@H]3C(=O)c2ccc(Cl)cc2)cc1. The fourth-order valence-electron chi connectivity index (χ4n) is 5.25. The fraction of sp³-hybridized carbons (Fsp3) is 0.348. The number of Topliss-reactive ketones (excluding diaryl/α,β-unsaturated/α-hetero) is 1. The second-order valence-electron chi connectivity index (χ2n) is 8.16. The van der Waals surface area contributed by atoms with Gasteiger partial charge in [0, 0.05) is 16.6 Å². The highest BCUT2D eigenvalue weighted by molar-refractivity contribution is 6.30. The molecule has 5 nitrogen and oxygen atoms in total. The molecule has 0 radical (unpaired) electrons. The number of amides is 2. The van der Waals surface area contributed by atoms with Crippen molar-refractivity contribution in [1.82, 2.24) is 4.90 Å². The summed E-state index contributed by atoms with van der Waals surface area (Å²) in [6.07, 6.45) is 1.77. The molecular formula is C23H21ClN2O3. The zero-order chi connectivity index (χ0) is 20.3. The summed E-state index contributed by atoms with van der Waals surface area (Å²) in [4.78, 5) is 43.6. The molecule has 4 atom stereocenters. The quantitative estimate of drug-likeness (QED) is 0.576. The maximum absolute atomic E-state index is 13.4. The summed E-state index contributed by atoms with van der Waals surface area (Å²) in [5, 5.41) is 0.558. The highest BCUT2D eigenvalue weighted by Crippen LogP contribution is 2.48. The third-order valence-corrected chi connectivity index (χ3v) is 6.79. The van der Waals surface area contributed by atoms with Gasteiger partial charge in [-0.2, -0.15) is 0 Å². The van der Waals surface area contributed by atoms with Crippen LogP contribution in [0.2, 0.25) is 5.02 Å². The second-order valence-corrected chi connectivity index (χ2v) is 8.60. The number of fused-ring (bicyclic) bond motifs is 3. The lowest BCUT2D eigenvalue weighted by atomic mass is 9.85. The minimum Gasteiger partial charge on any atom is -0.292 e. The van der Waals surface area contributed by atoms with E-state index in [-0.39, 0.29) is 23.6 Å². The molecule has 0 spiro atoms. The van der Waals surface area contributed by atoms with Crippen molar-refractivity contribution in [3.8, 4) is 0 Å². The average molecular weight is 409 g/mol. The Morgan fingerprint density at radius 3 is 2.31 bits per heavy atom. The van der Waals surface area contributed by atoms with Gasteiger partial charge >= 0.3 is 0 Å². The van der Waals surface area contributed by atoms with Gasteiger partial charge in [-0.3, -0.25) is 19.3 Å². The van der Waals surface area contributed by atoms with Gasteiger partial charge in [0.1, 0.15) is 0 Å². The minimum absolute atomic E-state index is 0.0480. The monoisotopic (exact) mass is 408 g/mol. The van der Waals surface area contributed by atoms with Crippen LogP contribution in [0.15, 0.2) is 48.5 Å². The lowest BCUT2D eigenvalue weighted by Crippen LogP contribution is -2.46. The Morgan fingerprint density at radius 1 is 0.966 bits per heavy atom. The molecule has 0 aliphatic carbocycles. The van der Waals surface area contributed by atoms with Gasteiger partial charge in [0.15, 0.2) is 5.78 Å². The van der Waals surface area contributed by atoms with Crippen molar-refractivity contribution in [2.45, 2.75) is 31.8 Å². The first-order valence-electron chi connectivity index (χ1n) is 9.97. The summed E-state index contributed by atoms with van der Waals surface area (Å²) in [5.41, 5.74) is 2.17. The van der Waals surface area contributed by atoms with Gasteiger partial charge in [-0.1, -0.05) is 29.3 Å². The smallest absolute Gasteiger partial charge is 0.239 e. The summed E-state index contributed by atoms with van der Waals surface area (Å²) in [5.74, 6) is -1.62. The molecule has 2 amide bonds. The molecule has 2 aromatic rings. The molecule has 3 saturated heterocycles. The number of aryl methyl sites for hydroxylation is 1. The van der Waals surface area contributed by atoms with E-state index in [2.05, 4.69) is 4.90 Å².